The molecule has 0 saturated carbocycles. The predicted molar refractivity (Wildman–Crippen MR) is 52.2 cm³/mol. The monoisotopic (exact) mass is 247 g/mol. The first-order valence-electron chi connectivity index (χ1n) is 3.89. The van der Waals surface area contributed by atoms with Crippen molar-refractivity contribution in [3.05, 3.63) is 33.0 Å². The molecule has 4 heteroatoms. The molecular formula is C9H11BrFNO. The summed E-state index contributed by atoms with van der Waals surface area (Å²) in [6.07, 6.45) is 0. The van der Waals surface area contributed by atoms with Gasteiger partial charge in [-0.1, -0.05) is 15.9 Å². The SMILES string of the molecule is Cc1c(F)cc(Br)c(C)c1CNO. The number of nitrogens with one attached hydrogen (secondary N) is 1. The van der Waals surface area contributed by atoms with Crippen LogP contribution in [0.15, 0.2) is 10.5 Å². The zero-order valence-electron chi connectivity index (χ0n) is 7.49. The van der Waals surface area contributed by atoms with Gasteiger partial charge >= 0.3 is 0 Å². The van der Waals surface area contributed by atoms with Crippen molar-refractivity contribution in [2.45, 2.75) is 20.4 Å². The largest absolute Gasteiger partial charge is 0.316 e. The fraction of sp³-hybridized carbons (Fsp3) is 0.333. The van der Waals surface area contributed by atoms with Crippen LogP contribution in [0, 0.1) is 19.7 Å². The summed E-state index contributed by atoms with van der Waals surface area (Å²) in [7, 11) is 0. The molecule has 0 heterocycles. The summed E-state index contributed by atoms with van der Waals surface area (Å²) in [5.74, 6) is -0.261. The van der Waals surface area contributed by atoms with Gasteiger partial charge in [-0.15, -0.1) is 0 Å². The minimum absolute atomic E-state index is 0.258. The molecule has 13 heavy (non-hydrogen) atoms. The topological polar surface area (TPSA) is 32.3 Å². The van der Waals surface area contributed by atoms with Gasteiger partial charge in [0.25, 0.3) is 0 Å². The van der Waals surface area contributed by atoms with Crippen molar-refractivity contribution in [2.75, 3.05) is 0 Å². The van der Waals surface area contributed by atoms with Crippen LogP contribution in [0.1, 0.15) is 16.7 Å². The number of rotatable bonds is 2. The summed E-state index contributed by atoms with van der Waals surface area (Å²) in [5, 5.41) is 8.56. The van der Waals surface area contributed by atoms with E-state index in [4.69, 9.17) is 5.21 Å². The lowest BCUT2D eigenvalue weighted by Gasteiger charge is -2.11. The Morgan fingerprint density at radius 3 is 2.62 bits per heavy atom. The molecule has 0 bridgehead atoms. The van der Waals surface area contributed by atoms with E-state index in [1.54, 1.807) is 6.92 Å². The van der Waals surface area contributed by atoms with E-state index >= 15 is 0 Å². The van der Waals surface area contributed by atoms with Crippen molar-refractivity contribution < 1.29 is 9.60 Å². The van der Waals surface area contributed by atoms with Gasteiger partial charge < -0.3 is 5.21 Å². The summed E-state index contributed by atoms with van der Waals surface area (Å²) >= 11 is 3.25. The average Bonchev–Trinajstić information content (AvgIpc) is 2.09. The first kappa shape index (κ1) is 10.6. The highest BCUT2D eigenvalue weighted by Gasteiger charge is 2.10. The third kappa shape index (κ3) is 2.07. The van der Waals surface area contributed by atoms with Crippen LogP contribution in [0.25, 0.3) is 0 Å². The van der Waals surface area contributed by atoms with Crippen LogP contribution in [-0.4, -0.2) is 5.21 Å². The summed E-state index contributed by atoms with van der Waals surface area (Å²) in [4.78, 5) is 0. The quantitative estimate of drug-likeness (QED) is 0.788. The summed E-state index contributed by atoms with van der Waals surface area (Å²) in [6.45, 7) is 3.83. The Kier molecular flexibility index (Phi) is 3.41. The average molecular weight is 248 g/mol. The van der Waals surface area contributed by atoms with Gasteiger partial charge in [0.1, 0.15) is 5.82 Å². The van der Waals surface area contributed by atoms with E-state index in [0.29, 0.717) is 5.56 Å². The van der Waals surface area contributed by atoms with Crippen LogP contribution < -0.4 is 5.48 Å². The van der Waals surface area contributed by atoms with Crippen molar-refractivity contribution in [3.63, 3.8) is 0 Å². The van der Waals surface area contributed by atoms with Crippen LogP contribution in [0.4, 0.5) is 4.39 Å². The predicted octanol–water partition coefficient (Wildman–Crippen LogP) is 2.68. The van der Waals surface area contributed by atoms with Crippen LogP contribution in [0.5, 0.6) is 0 Å². The zero-order valence-corrected chi connectivity index (χ0v) is 9.07. The summed E-state index contributed by atoms with van der Waals surface area (Å²) < 4.78 is 13.9. The van der Waals surface area contributed by atoms with Gasteiger partial charge in [0.15, 0.2) is 0 Å². The van der Waals surface area contributed by atoms with E-state index in [9.17, 15) is 4.39 Å². The molecular weight excluding hydrogens is 237 g/mol. The van der Waals surface area contributed by atoms with E-state index in [-0.39, 0.29) is 12.4 Å². The van der Waals surface area contributed by atoms with Crippen molar-refractivity contribution in [1.29, 1.82) is 0 Å². The number of hydroxylamine groups is 1. The molecule has 1 rings (SSSR count). The van der Waals surface area contributed by atoms with E-state index < -0.39 is 0 Å². The lowest BCUT2D eigenvalue weighted by atomic mass is 10.0. The number of benzene rings is 1. The number of hydrogen-bond donors (Lipinski definition) is 2. The van der Waals surface area contributed by atoms with Crippen molar-refractivity contribution >= 4 is 15.9 Å². The fourth-order valence-corrected chi connectivity index (χ4v) is 1.68. The van der Waals surface area contributed by atoms with Gasteiger partial charge in [0, 0.05) is 11.0 Å². The maximum atomic E-state index is 13.2. The van der Waals surface area contributed by atoms with Crippen LogP contribution >= 0.6 is 15.9 Å². The smallest absolute Gasteiger partial charge is 0.127 e. The van der Waals surface area contributed by atoms with Crippen LogP contribution in [-0.2, 0) is 6.54 Å². The Labute approximate surface area is 84.9 Å². The van der Waals surface area contributed by atoms with E-state index in [0.717, 1.165) is 15.6 Å². The van der Waals surface area contributed by atoms with Crippen molar-refractivity contribution in [3.8, 4) is 0 Å². The molecule has 0 aliphatic carbocycles. The Bertz CT molecular complexity index is 302. The third-order valence-corrected chi connectivity index (χ3v) is 2.95. The number of halogens is 2. The second-order valence-electron chi connectivity index (χ2n) is 2.90. The zero-order chi connectivity index (χ0) is 10.0. The highest BCUT2D eigenvalue weighted by Crippen LogP contribution is 2.25. The molecule has 0 unspecified atom stereocenters. The maximum Gasteiger partial charge on any atom is 0.127 e. The maximum absolute atomic E-state index is 13.2. The molecule has 2 nitrogen and oxygen atoms in total. The molecule has 0 amide bonds. The first-order valence-corrected chi connectivity index (χ1v) is 4.68. The fourth-order valence-electron chi connectivity index (χ4n) is 1.24. The molecule has 0 radical (unpaired) electrons. The van der Waals surface area contributed by atoms with Crippen molar-refractivity contribution in [2.24, 2.45) is 0 Å². The lowest BCUT2D eigenvalue weighted by molar-refractivity contribution is 0.160. The highest BCUT2D eigenvalue weighted by atomic mass is 79.9. The highest BCUT2D eigenvalue weighted by molar-refractivity contribution is 9.10. The Hall–Kier alpha value is -0.450. The van der Waals surface area contributed by atoms with Crippen molar-refractivity contribution in [1.82, 2.24) is 5.48 Å². The standard InChI is InChI=1S/C9H11BrFNO/c1-5-7(4-12-13)6(2)9(11)3-8(5)10/h3,12-13H,4H2,1-2H3. The Morgan fingerprint density at radius 2 is 2.08 bits per heavy atom. The second-order valence-corrected chi connectivity index (χ2v) is 3.76. The minimum atomic E-state index is -0.261. The molecule has 2 N–H and O–H groups in total. The summed E-state index contributed by atoms with van der Waals surface area (Å²) in [6, 6.07) is 1.44. The van der Waals surface area contributed by atoms with Crippen LogP contribution in [0.2, 0.25) is 0 Å². The molecule has 0 spiro atoms. The normalized spacial score (nSPS) is 10.5. The van der Waals surface area contributed by atoms with Gasteiger partial charge in [-0.3, -0.25) is 0 Å². The van der Waals surface area contributed by atoms with Gasteiger partial charge in [-0.05, 0) is 36.6 Å². The van der Waals surface area contributed by atoms with Gasteiger partial charge in [0.2, 0.25) is 0 Å². The summed E-state index contributed by atoms with van der Waals surface area (Å²) in [5.41, 5.74) is 4.34. The van der Waals surface area contributed by atoms with Gasteiger partial charge in [0.05, 0.1) is 0 Å². The Morgan fingerprint density at radius 1 is 1.46 bits per heavy atom. The van der Waals surface area contributed by atoms with E-state index in [1.165, 1.54) is 6.07 Å². The lowest BCUT2D eigenvalue weighted by Crippen LogP contribution is -2.10. The molecule has 0 atom stereocenters. The molecule has 0 fully saturated rings. The molecule has 1 aromatic carbocycles. The van der Waals surface area contributed by atoms with E-state index in [1.807, 2.05) is 12.4 Å². The third-order valence-electron chi connectivity index (χ3n) is 2.13. The van der Waals surface area contributed by atoms with Gasteiger partial charge in [-0.25, -0.2) is 9.87 Å². The molecule has 72 valence electrons. The second kappa shape index (κ2) is 4.17. The van der Waals surface area contributed by atoms with E-state index in [2.05, 4.69) is 15.9 Å². The van der Waals surface area contributed by atoms with Gasteiger partial charge in [-0.2, -0.15) is 0 Å². The number of hydrogen-bond acceptors (Lipinski definition) is 2. The first-order chi connectivity index (χ1) is 6.07. The molecule has 0 aliphatic rings. The molecule has 0 aliphatic heterocycles. The molecule has 0 saturated heterocycles. The Balaban J connectivity index is 3.28. The molecule has 1 aromatic rings. The minimum Gasteiger partial charge on any atom is -0.316 e. The molecule has 0 aromatic heterocycles. The van der Waals surface area contributed by atoms with Crippen LogP contribution in [0.3, 0.4) is 0 Å².